The van der Waals surface area contributed by atoms with E-state index in [0.29, 0.717) is 12.1 Å². The predicted octanol–water partition coefficient (Wildman–Crippen LogP) is 6.04. The number of aryl methyl sites for hydroxylation is 1. The molecule has 2 amide bonds. The molecule has 2 atom stereocenters. The molecule has 1 N–H and O–H groups in total. The highest BCUT2D eigenvalue weighted by atomic mass is 32.2. The third-order valence-electron chi connectivity index (χ3n) is 7.28. The number of hydrogen-bond acceptors (Lipinski definition) is 4. The molecule has 0 fully saturated rings. The molecule has 0 aromatic heterocycles. The van der Waals surface area contributed by atoms with Crippen LogP contribution >= 0.6 is 0 Å². The summed E-state index contributed by atoms with van der Waals surface area (Å²) in [5.74, 6) is -0.435. The van der Waals surface area contributed by atoms with E-state index in [1.807, 2.05) is 64.1 Å². The molecule has 0 saturated carbocycles. The van der Waals surface area contributed by atoms with Crippen molar-refractivity contribution in [2.75, 3.05) is 10.8 Å². The van der Waals surface area contributed by atoms with E-state index in [1.54, 1.807) is 30.3 Å². The maximum atomic E-state index is 14.2. The molecule has 7 nitrogen and oxygen atoms in total. The summed E-state index contributed by atoms with van der Waals surface area (Å²) < 4.78 is 29.0. The molecule has 220 valence electrons. The monoisotopic (exact) mass is 577 g/mol. The Morgan fingerprint density at radius 1 is 0.854 bits per heavy atom. The molecule has 3 aromatic carbocycles. The van der Waals surface area contributed by atoms with Crippen molar-refractivity contribution in [2.24, 2.45) is 0 Å². The smallest absolute Gasteiger partial charge is 0.264 e. The van der Waals surface area contributed by atoms with Crippen molar-refractivity contribution >= 4 is 27.5 Å². The van der Waals surface area contributed by atoms with Crippen LogP contribution in [0.25, 0.3) is 0 Å². The molecule has 3 aromatic rings. The Morgan fingerprint density at radius 3 is 2.07 bits per heavy atom. The lowest BCUT2D eigenvalue weighted by Gasteiger charge is -2.34. The topological polar surface area (TPSA) is 86.8 Å². The molecule has 8 heteroatoms. The Bertz CT molecular complexity index is 1410. The highest BCUT2D eigenvalue weighted by Crippen LogP contribution is 2.27. The first kappa shape index (κ1) is 31.9. The van der Waals surface area contributed by atoms with Crippen LogP contribution in [-0.4, -0.2) is 43.8 Å². The lowest BCUT2D eigenvalue weighted by Crippen LogP contribution is -2.53. The van der Waals surface area contributed by atoms with Crippen LogP contribution in [0.3, 0.4) is 0 Å². The molecule has 0 radical (unpaired) electrons. The second kappa shape index (κ2) is 14.3. The number of carbonyl (C=O) groups is 2. The summed E-state index contributed by atoms with van der Waals surface area (Å²) in [5.41, 5.74) is 3.35. The Kier molecular flexibility index (Phi) is 11.1. The molecule has 41 heavy (non-hydrogen) atoms. The normalized spacial score (nSPS) is 13.0. The fourth-order valence-electron chi connectivity index (χ4n) is 4.64. The second-order valence-corrected chi connectivity index (χ2v) is 12.7. The van der Waals surface area contributed by atoms with Crippen LogP contribution in [-0.2, 0) is 26.2 Å². The van der Waals surface area contributed by atoms with Gasteiger partial charge in [0, 0.05) is 12.6 Å². The molecule has 0 unspecified atom stereocenters. The first-order chi connectivity index (χ1) is 19.5. The standard InChI is InChI=1S/C33H43N3O4S/c1-7-26(6)34-33(38)31(8-2)35(22-27-14-12-13-25(5)21-27)32(37)23-36(29-19-17-28(18-20-29)24(3)4)41(39,40)30-15-10-9-11-16-30/h9-21,24,26,31H,7-8,22-23H2,1-6H3,(H,34,38)/t26-,31+/m0/s1. The minimum absolute atomic E-state index is 0.0538. The van der Waals surface area contributed by atoms with Gasteiger partial charge in [-0.15, -0.1) is 0 Å². The van der Waals surface area contributed by atoms with Crippen LogP contribution in [0.15, 0.2) is 83.8 Å². The van der Waals surface area contributed by atoms with E-state index in [4.69, 9.17) is 0 Å². The van der Waals surface area contributed by atoms with E-state index in [9.17, 15) is 18.0 Å². The van der Waals surface area contributed by atoms with Gasteiger partial charge >= 0.3 is 0 Å². The molecule has 0 aliphatic carbocycles. The highest BCUT2D eigenvalue weighted by molar-refractivity contribution is 7.92. The fourth-order valence-corrected chi connectivity index (χ4v) is 6.08. The van der Waals surface area contributed by atoms with Gasteiger partial charge in [0.1, 0.15) is 12.6 Å². The quantitative estimate of drug-likeness (QED) is 0.269. The SMILES string of the molecule is CC[C@H](C(=O)N[C@@H](C)CC)N(Cc1cccc(C)c1)C(=O)CN(c1ccc(C(C)C)cc1)S(=O)(=O)c1ccccc1. The van der Waals surface area contributed by atoms with Gasteiger partial charge in [-0.1, -0.05) is 87.9 Å². The van der Waals surface area contributed by atoms with Crippen LogP contribution in [0.1, 0.15) is 70.1 Å². The van der Waals surface area contributed by atoms with Crippen molar-refractivity contribution in [3.63, 3.8) is 0 Å². The third-order valence-corrected chi connectivity index (χ3v) is 9.07. The van der Waals surface area contributed by atoms with Gasteiger partial charge in [-0.2, -0.15) is 0 Å². The Hall–Kier alpha value is -3.65. The summed E-state index contributed by atoms with van der Waals surface area (Å²) in [6.07, 6.45) is 1.14. The molecule has 0 aliphatic rings. The lowest BCUT2D eigenvalue weighted by atomic mass is 10.0. The largest absolute Gasteiger partial charge is 0.352 e. The summed E-state index contributed by atoms with van der Waals surface area (Å²) in [6, 6.07) is 22.3. The van der Waals surface area contributed by atoms with Crippen molar-refractivity contribution in [1.82, 2.24) is 10.2 Å². The van der Waals surface area contributed by atoms with Gasteiger partial charge in [-0.3, -0.25) is 13.9 Å². The van der Waals surface area contributed by atoms with Gasteiger partial charge in [-0.05, 0) is 68.0 Å². The van der Waals surface area contributed by atoms with Gasteiger partial charge in [0.05, 0.1) is 10.6 Å². The lowest BCUT2D eigenvalue weighted by molar-refractivity contribution is -0.140. The van der Waals surface area contributed by atoms with Crippen molar-refractivity contribution in [3.8, 4) is 0 Å². The minimum atomic E-state index is -4.09. The fraction of sp³-hybridized carbons (Fsp3) is 0.394. The summed E-state index contributed by atoms with van der Waals surface area (Å²) in [6.45, 7) is 11.6. The number of rotatable bonds is 13. The first-order valence-electron chi connectivity index (χ1n) is 14.3. The average Bonchev–Trinajstić information content (AvgIpc) is 2.96. The number of sulfonamides is 1. The van der Waals surface area contributed by atoms with Crippen LogP contribution in [0, 0.1) is 6.92 Å². The summed E-state index contributed by atoms with van der Waals surface area (Å²) in [5, 5.41) is 3.01. The second-order valence-electron chi connectivity index (χ2n) is 10.8. The molecule has 3 rings (SSSR count). The Labute approximate surface area is 245 Å². The number of hydrogen-bond donors (Lipinski definition) is 1. The van der Waals surface area contributed by atoms with Crippen molar-refractivity contribution in [2.45, 2.75) is 83.8 Å². The van der Waals surface area contributed by atoms with Crippen LogP contribution < -0.4 is 9.62 Å². The zero-order valence-electron chi connectivity index (χ0n) is 25.0. The first-order valence-corrected chi connectivity index (χ1v) is 15.7. The van der Waals surface area contributed by atoms with Crippen LogP contribution in [0.4, 0.5) is 5.69 Å². The molecule has 0 spiro atoms. The van der Waals surface area contributed by atoms with E-state index in [1.165, 1.54) is 17.0 Å². The maximum absolute atomic E-state index is 14.2. The van der Waals surface area contributed by atoms with Gasteiger partial charge in [0.25, 0.3) is 10.0 Å². The molecule has 0 aliphatic heterocycles. The number of amides is 2. The van der Waals surface area contributed by atoms with Crippen LogP contribution in [0.2, 0.25) is 0 Å². The van der Waals surface area contributed by atoms with Gasteiger partial charge in [0.15, 0.2) is 0 Å². The van der Waals surface area contributed by atoms with Gasteiger partial charge < -0.3 is 10.2 Å². The number of carbonyl (C=O) groups excluding carboxylic acids is 2. The highest BCUT2D eigenvalue weighted by Gasteiger charge is 2.34. The molecule has 0 heterocycles. The van der Waals surface area contributed by atoms with Crippen LogP contribution in [0.5, 0.6) is 0 Å². The predicted molar refractivity (Wildman–Crippen MR) is 165 cm³/mol. The molecular weight excluding hydrogens is 534 g/mol. The summed E-state index contributed by atoms with van der Waals surface area (Å²) in [7, 11) is -4.09. The van der Waals surface area contributed by atoms with E-state index >= 15 is 0 Å². The average molecular weight is 578 g/mol. The maximum Gasteiger partial charge on any atom is 0.264 e. The molecule has 0 saturated heterocycles. The van der Waals surface area contributed by atoms with Gasteiger partial charge in [-0.25, -0.2) is 8.42 Å². The molecular formula is C33H43N3O4S. The third kappa shape index (κ3) is 8.19. The van der Waals surface area contributed by atoms with E-state index in [-0.39, 0.29) is 29.3 Å². The van der Waals surface area contributed by atoms with E-state index in [2.05, 4.69) is 19.2 Å². The van der Waals surface area contributed by atoms with Crippen molar-refractivity contribution in [3.05, 3.63) is 95.6 Å². The minimum Gasteiger partial charge on any atom is -0.352 e. The number of anilines is 1. The zero-order chi connectivity index (χ0) is 30.2. The zero-order valence-corrected chi connectivity index (χ0v) is 25.8. The van der Waals surface area contributed by atoms with Gasteiger partial charge in [0.2, 0.25) is 11.8 Å². The van der Waals surface area contributed by atoms with Crippen molar-refractivity contribution in [1.29, 1.82) is 0 Å². The van der Waals surface area contributed by atoms with Crippen molar-refractivity contribution < 1.29 is 18.0 Å². The summed E-state index contributed by atoms with van der Waals surface area (Å²) in [4.78, 5) is 29.2. The summed E-state index contributed by atoms with van der Waals surface area (Å²) >= 11 is 0. The number of nitrogens with zero attached hydrogens (tertiary/aromatic N) is 2. The number of benzene rings is 3. The van der Waals surface area contributed by atoms with E-state index in [0.717, 1.165) is 27.4 Å². The van der Waals surface area contributed by atoms with E-state index < -0.39 is 28.5 Å². The number of nitrogens with one attached hydrogen (secondary N) is 1. The Balaban J connectivity index is 2.06. The molecule has 0 bridgehead atoms. The Morgan fingerprint density at radius 2 is 1.51 bits per heavy atom.